The molecule has 0 aliphatic heterocycles. The Kier molecular flexibility index (Phi) is 6.02. The van der Waals surface area contributed by atoms with Gasteiger partial charge in [0.25, 0.3) is 0 Å². The van der Waals surface area contributed by atoms with E-state index in [0.29, 0.717) is 13.0 Å². The van der Waals surface area contributed by atoms with Crippen molar-refractivity contribution in [1.82, 2.24) is 5.32 Å². The van der Waals surface area contributed by atoms with Gasteiger partial charge >= 0.3 is 0 Å². The molecule has 5 heteroatoms. The summed E-state index contributed by atoms with van der Waals surface area (Å²) in [7, 11) is 0. The van der Waals surface area contributed by atoms with Gasteiger partial charge in [-0.25, -0.2) is 0 Å². The molecule has 108 valence electrons. The van der Waals surface area contributed by atoms with E-state index < -0.39 is 0 Å². The topological polar surface area (TPSA) is 49.3 Å². The van der Waals surface area contributed by atoms with Crippen molar-refractivity contribution < 1.29 is 9.90 Å². The van der Waals surface area contributed by atoms with Crippen LogP contribution in [0.25, 0.3) is 0 Å². The molecule has 0 aliphatic carbocycles. The lowest BCUT2D eigenvalue weighted by atomic mass is 9.87. The van der Waals surface area contributed by atoms with E-state index in [1.54, 1.807) is 18.3 Å². The van der Waals surface area contributed by atoms with E-state index >= 15 is 0 Å². The fraction of sp³-hybridized carbons (Fsp3) is 0.643. The molecule has 1 amide bonds. The molecule has 0 saturated heterocycles. The van der Waals surface area contributed by atoms with Crippen molar-refractivity contribution in [2.75, 3.05) is 6.54 Å². The highest BCUT2D eigenvalue weighted by molar-refractivity contribution is 9.11. The van der Waals surface area contributed by atoms with E-state index in [2.05, 4.69) is 21.2 Å². The Bertz CT molecular complexity index is 429. The molecule has 0 saturated carbocycles. The number of hydrogen-bond acceptors (Lipinski definition) is 3. The van der Waals surface area contributed by atoms with Crippen molar-refractivity contribution in [3.05, 3.63) is 20.8 Å². The summed E-state index contributed by atoms with van der Waals surface area (Å²) in [6.45, 7) is 8.36. The van der Waals surface area contributed by atoms with E-state index in [-0.39, 0.29) is 23.3 Å². The van der Waals surface area contributed by atoms with Crippen LogP contribution in [-0.4, -0.2) is 23.7 Å². The first-order chi connectivity index (χ1) is 8.71. The van der Waals surface area contributed by atoms with Gasteiger partial charge in [0.05, 0.1) is 15.8 Å². The summed E-state index contributed by atoms with van der Waals surface area (Å²) in [4.78, 5) is 13.2. The number of carbonyl (C=O) groups excluding carboxylic acids is 1. The van der Waals surface area contributed by atoms with Gasteiger partial charge in [-0.15, -0.1) is 11.3 Å². The highest BCUT2D eigenvalue weighted by atomic mass is 79.9. The minimum absolute atomic E-state index is 0.0352. The van der Waals surface area contributed by atoms with Crippen LogP contribution in [0.4, 0.5) is 0 Å². The van der Waals surface area contributed by atoms with Crippen LogP contribution in [-0.2, 0) is 4.79 Å². The van der Waals surface area contributed by atoms with Gasteiger partial charge in [-0.2, -0.15) is 0 Å². The Balaban J connectivity index is 2.51. The first-order valence-electron chi connectivity index (χ1n) is 6.42. The molecule has 2 N–H and O–H groups in total. The van der Waals surface area contributed by atoms with Crippen molar-refractivity contribution >= 4 is 33.2 Å². The van der Waals surface area contributed by atoms with Crippen LogP contribution in [0.15, 0.2) is 15.9 Å². The predicted octanol–water partition coefficient (Wildman–Crippen LogP) is 3.53. The second-order valence-corrected chi connectivity index (χ2v) is 8.29. The van der Waals surface area contributed by atoms with Crippen LogP contribution in [0, 0.1) is 5.41 Å². The van der Waals surface area contributed by atoms with E-state index in [1.165, 1.54) is 0 Å². The number of rotatable bonds is 6. The Morgan fingerprint density at radius 2 is 2.11 bits per heavy atom. The number of aliphatic hydroxyl groups is 1. The summed E-state index contributed by atoms with van der Waals surface area (Å²) in [5.74, 6) is -0.105. The average molecular weight is 348 g/mol. The quantitative estimate of drug-likeness (QED) is 0.826. The highest BCUT2D eigenvalue weighted by Gasteiger charge is 2.23. The summed E-state index contributed by atoms with van der Waals surface area (Å²) in [6, 6.07) is 3.93. The molecule has 1 aromatic heterocycles. The van der Waals surface area contributed by atoms with Gasteiger partial charge in [-0.3, -0.25) is 4.79 Å². The Morgan fingerprint density at radius 3 is 2.58 bits per heavy atom. The molecule has 3 nitrogen and oxygen atoms in total. The lowest BCUT2D eigenvalue weighted by molar-refractivity contribution is -0.122. The third-order valence-electron chi connectivity index (χ3n) is 3.00. The number of hydrogen-bond donors (Lipinski definition) is 2. The fourth-order valence-corrected chi connectivity index (χ4v) is 3.52. The Labute approximate surface area is 127 Å². The zero-order valence-electron chi connectivity index (χ0n) is 11.9. The van der Waals surface area contributed by atoms with Crippen LogP contribution < -0.4 is 5.32 Å². The summed E-state index contributed by atoms with van der Waals surface area (Å²) in [6.07, 6.45) is 0.323. The monoisotopic (exact) mass is 347 g/mol. The lowest BCUT2D eigenvalue weighted by Gasteiger charge is -2.27. The second-order valence-electron chi connectivity index (χ2n) is 5.80. The third-order valence-corrected chi connectivity index (χ3v) is 4.81. The largest absolute Gasteiger partial charge is 0.393 e. The van der Waals surface area contributed by atoms with Gasteiger partial charge in [0.2, 0.25) is 5.91 Å². The highest BCUT2D eigenvalue weighted by Crippen LogP contribution is 2.29. The molecule has 19 heavy (non-hydrogen) atoms. The third kappa shape index (κ3) is 5.63. The van der Waals surface area contributed by atoms with E-state index in [0.717, 1.165) is 8.66 Å². The number of thiophene rings is 1. The van der Waals surface area contributed by atoms with Crippen molar-refractivity contribution in [2.24, 2.45) is 5.41 Å². The first-order valence-corrected chi connectivity index (χ1v) is 8.03. The van der Waals surface area contributed by atoms with Crippen LogP contribution >= 0.6 is 27.3 Å². The molecule has 0 spiro atoms. The van der Waals surface area contributed by atoms with Crippen molar-refractivity contribution in [2.45, 2.75) is 46.1 Å². The molecule has 1 rings (SSSR count). The van der Waals surface area contributed by atoms with Crippen molar-refractivity contribution in [1.29, 1.82) is 0 Å². The van der Waals surface area contributed by atoms with Crippen LogP contribution in [0.1, 0.15) is 44.9 Å². The maximum absolute atomic E-state index is 12.1. The van der Waals surface area contributed by atoms with E-state index in [4.69, 9.17) is 0 Å². The van der Waals surface area contributed by atoms with Crippen molar-refractivity contribution in [3.63, 3.8) is 0 Å². The molecule has 0 aliphatic rings. The lowest BCUT2D eigenvalue weighted by Crippen LogP contribution is -2.37. The van der Waals surface area contributed by atoms with Crippen LogP contribution in [0.5, 0.6) is 0 Å². The molecular formula is C14H22BrNO2S. The van der Waals surface area contributed by atoms with E-state index in [9.17, 15) is 9.90 Å². The fourth-order valence-electron chi connectivity index (χ4n) is 2.04. The number of amides is 1. The van der Waals surface area contributed by atoms with Gasteiger partial charge in [0.15, 0.2) is 0 Å². The van der Waals surface area contributed by atoms with Gasteiger partial charge in [-0.05, 0) is 53.7 Å². The second kappa shape index (κ2) is 6.86. The SMILES string of the molecule is CC(O)CC(C)(C)CNC(=O)C(C)c1ccc(Br)s1. The maximum Gasteiger partial charge on any atom is 0.228 e. The molecule has 2 atom stereocenters. The smallest absolute Gasteiger partial charge is 0.228 e. The molecular weight excluding hydrogens is 326 g/mol. The van der Waals surface area contributed by atoms with E-state index in [1.807, 2.05) is 32.9 Å². The number of nitrogens with one attached hydrogen (secondary N) is 1. The summed E-state index contributed by atoms with van der Waals surface area (Å²) in [5, 5.41) is 12.4. The van der Waals surface area contributed by atoms with Crippen LogP contribution in [0.2, 0.25) is 0 Å². The normalized spacial score (nSPS) is 15.1. The van der Waals surface area contributed by atoms with Crippen LogP contribution in [0.3, 0.4) is 0 Å². The molecule has 1 heterocycles. The average Bonchev–Trinajstić information content (AvgIpc) is 2.70. The predicted molar refractivity (Wildman–Crippen MR) is 83.5 cm³/mol. The molecule has 0 radical (unpaired) electrons. The summed E-state index contributed by atoms with van der Waals surface area (Å²) < 4.78 is 1.04. The Hall–Kier alpha value is -0.390. The number of halogens is 1. The number of carbonyl (C=O) groups is 1. The number of aliphatic hydroxyl groups excluding tert-OH is 1. The zero-order chi connectivity index (χ0) is 14.6. The minimum Gasteiger partial charge on any atom is -0.393 e. The van der Waals surface area contributed by atoms with Gasteiger partial charge < -0.3 is 10.4 Å². The Morgan fingerprint density at radius 1 is 1.47 bits per heavy atom. The molecule has 1 aromatic rings. The summed E-state index contributed by atoms with van der Waals surface area (Å²) >= 11 is 4.99. The summed E-state index contributed by atoms with van der Waals surface area (Å²) in [5.41, 5.74) is -0.0976. The van der Waals surface area contributed by atoms with Gasteiger partial charge in [0, 0.05) is 11.4 Å². The molecule has 2 unspecified atom stereocenters. The zero-order valence-corrected chi connectivity index (χ0v) is 14.3. The standard InChI is InChI=1S/C14H22BrNO2S/c1-9(17)7-14(3,4)8-16-13(18)10(2)11-5-6-12(15)19-11/h5-6,9-10,17H,7-8H2,1-4H3,(H,16,18). The molecule has 0 fully saturated rings. The molecule has 0 aromatic carbocycles. The van der Waals surface area contributed by atoms with Gasteiger partial charge in [-0.1, -0.05) is 13.8 Å². The maximum atomic E-state index is 12.1. The van der Waals surface area contributed by atoms with Crippen molar-refractivity contribution in [3.8, 4) is 0 Å². The van der Waals surface area contributed by atoms with Gasteiger partial charge in [0.1, 0.15) is 0 Å². The molecule has 0 bridgehead atoms. The minimum atomic E-state index is -0.349. The first kappa shape index (κ1) is 16.7.